The molecule has 3 heterocycles. The summed E-state index contributed by atoms with van der Waals surface area (Å²) >= 11 is 0. The monoisotopic (exact) mass is 482 g/mol. The maximum absolute atomic E-state index is 11.6. The Morgan fingerprint density at radius 2 is 1.44 bits per heavy atom. The molecule has 1 unspecified atom stereocenters. The maximum atomic E-state index is 11.6. The molecule has 0 saturated carbocycles. The van der Waals surface area contributed by atoms with Gasteiger partial charge in [-0.1, -0.05) is 26.2 Å². The molecule has 3 rings (SSSR count). The van der Waals surface area contributed by atoms with Gasteiger partial charge in [0.15, 0.2) is 0 Å². The van der Waals surface area contributed by atoms with Crippen LogP contribution in [0.15, 0.2) is 11.6 Å². The Morgan fingerprint density at radius 3 is 2.00 bits per heavy atom. The van der Waals surface area contributed by atoms with E-state index in [0.29, 0.717) is 6.42 Å². The SMILES string of the molecule is CCC(O)CCC[C@H](O)[C@H]1CC[C@H]([C@H]2CC[C@H]([C@H](O)CCCCCCC3=C[C@H](C)OC3=O)O2)O1. The summed E-state index contributed by atoms with van der Waals surface area (Å²) in [6.07, 6.45) is 12.2. The summed E-state index contributed by atoms with van der Waals surface area (Å²) < 4.78 is 17.4. The van der Waals surface area contributed by atoms with Gasteiger partial charge in [0.2, 0.25) is 0 Å². The average Bonchev–Trinajstić information content (AvgIpc) is 3.55. The highest BCUT2D eigenvalue weighted by atomic mass is 16.6. The number of ether oxygens (including phenoxy) is 3. The Labute approximate surface area is 204 Å². The van der Waals surface area contributed by atoms with Crippen LogP contribution in [0, 0.1) is 0 Å². The standard InChI is InChI=1S/C27H46O7/c1-3-20(28)10-8-12-22(30)24-14-16-26(34-24)25-15-13-23(33-25)21(29)11-7-5-4-6-9-19-17-18(2)32-27(19)31/h17-18,20-26,28-30H,3-16H2,1-2H3/t18-,20?,21+,22-,23+,24+,25+,26+/m0/s1. The molecule has 0 aromatic carbocycles. The first-order chi connectivity index (χ1) is 16.4. The zero-order chi connectivity index (χ0) is 24.5. The Balaban J connectivity index is 1.25. The van der Waals surface area contributed by atoms with Crippen LogP contribution in [0.2, 0.25) is 0 Å². The molecule has 0 radical (unpaired) electrons. The third-order valence-corrected chi connectivity index (χ3v) is 7.64. The number of hydrogen-bond acceptors (Lipinski definition) is 7. The van der Waals surface area contributed by atoms with Crippen molar-refractivity contribution in [3.8, 4) is 0 Å². The van der Waals surface area contributed by atoms with Crippen LogP contribution in [0.1, 0.15) is 104 Å². The second-order valence-electron chi connectivity index (χ2n) is 10.5. The number of carbonyl (C=O) groups excluding carboxylic acids is 1. The van der Waals surface area contributed by atoms with Crippen molar-refractivity contribution in [2.24, 2.45) is 0 Å². The molecule has 0 amide bonds. The fraction of sp³-hybridized carbons (Fsp3) is 0.889. The van der Waals surface area contributed by atoms with E-state index in [-0.39, 0.29) is 42.6 Å². The number of aliphatic hydroxyl groups excluding tert-OH is 3. The van der Waals surface area contributed by atoms with E-state index in [0.717, 1.165) is 89.0 Å². The Bertz CT molecular complexity index is 651. The van der Waals surface area contributed by atoms with E-state index in [1.54, 1.807) is 0 Å². The molecule has 0 aromatic heterocycles. The van der Waals surface area contributed by atoms with Gasteiger partial charge in [-0.15, -0.1) is 0 Å². The van der Waals surface area contributed by atoms with Gasteiger partial charge in [-0.05, 0) is 83.6 Å². The average molecular weight is 483 g/mol. The summed E-state index contributed by atoms with van der Waals surface area (Å²) in [4.78, 5) is 11.6. The van der Waals surface area contributed by atoms with Gasteiger partial charge in [0.1, 0.15) is 6.10 Å². The summed E-state index contributed by atoms with van der Waals surface area (Å²) in [5.74, 6) is -0.172. The first-order valence-corrected chi connectivity index (χ1v) is 13.6. The van der Waals surface area contributed by atoms with Crippen molar-refractivity contribution < 1.29 is 34.3 Å². The van der Waals surface area contributed by atoms with Crippen molar-refractivity contribution in [2.45, 2.75) is 153 Å². The molecule has 0 aromatic rings. The van der Waals surface area contributed by atoms with Crippen LogP contribution in [-0.4, -0.2) is 70.1 Å². The zero-order valence-corrected chi connectivity index (χ0v) is 21.1. The van der Waals surface area contributed by atoms with Gasteiger partial charge in [0, 0.05) is 5.57 Å². The second kappa shape index (κ2) is 13.9. The molecule has 8 atom stereocenters. The van der Waals surface area contributed by atoms with E-state index >= 15 is 0 Å². The van der Waals surface area contributed by atoms with E-state index in [9.17, 15) is 20.1 Å². The number of hydrogen-bond donors (Lipinski definition) is 3. The Kier molecular flexibility index (Phi) is 11.3. The fourth-order valence-electron chi connectivity index (χ4n) is 5.47. The van der Waals surface area contributed by atoms with Crippen molar-refractivity contribution in [3.63, 3.8) is 0 Å². The smallest absolute Gasteiger partial charge is 0.334 e. The molecular weight excluding hydrogens is 436 g/mol. The van der Waals surface area contributed by atoms with Gasteiger partial charge in [-0.25, -0.2) is 4.79 Å². The predicted octanol–water partition coefficient (Wildman–Crippen LogP) is 3.96. The third-order valence-electron chi connectivity index (χ3n) is 7.64. The van der Waals surface area contributed by atoms with E-state index < -0.39 is 12.2 Å². The molecule has 2 fully saturated rings. The quantitative estimate of drug-likeness (QED) is 0.240. The summed E-state index contributed by atoms with van der Waals surface area (Å²) in [5.41, 5.74) is 0.803. The van der Waals surface area contributed by atoms with Crippen molar-refractivity contribution >= 4 is 5.97 Å². The minimum atomic E-state index is -0.490. The Hall–Kier alpha value is -0.990. The molecule has 34 heavy (non-hydrogen) atoms. The molecule has 196 valence electrons. The van der Waals surface area contributed by atoms with Gasteiger partial charge in [0.25, 0.3) is 0 Å². The first-order valence-electron chi connectivity index (χ1n) is 13.6. The van der Waals surface area contributed by atoms with Crippen LogP contribution < -0.4 is 0 Å². The minimum Gasteiger partial charge on any atom is -0.455 e. The minimum absolute atomic E-state index is 0.000553. The maximum Gasteiger partial charge on any atom is 0.334 e. The first kappa shape index (κ1) is 27.6. The van der Waals surface area contributed by atoms with Gasteiger partial charge < -0.3 is 29.5 Å². The zero-order valence-electron chi connectivity index (χ0n) is 21.1. The molecule has 7 nitrogen and oxygen atoms in total. The number of cyclic esters (lactones) is 1. The van der Waals surface area contributed by atoms with Gasteiger partial charge in [-0.2, -0.15) is 0 Å². The predicted molar refractivity (Wildman–Crippen MR) is 129 cm³/mol. The van der Waals surface area contributed by atoms with E-state index in [2.05, 4.69) is 0 Å². The van der Waals surface area contributed by atoms with Gasteiger partial charge in [-0.3, -0.25) is 0 Å². The molecule has 7 heteroatoms. The molecule has 3 aliphatic heterocycles. The van der Waals surface area contributed by atoms with Crippen LogP contribution in [0.25, 0.3) is 0 Å². The van der Waals surface area contributed by atoms with Gasteiger partial charge >= 0.3 is 5.97 Å². The van der Waals surface area contributed by atoms with Crippen molar-refractivity contribution in [1.82, 2.24) is 0 Å². The molecule has 0 bridgehead atoms. The normalized spacial score (nSPS) is 32.0. The highest BCUT2D eigenvalue weighted by molar-refractivity contribution is 5.90. The summed E-state index contributed by atoms with van der Waals surface area (Å²) in [6.45, 7) is 3.85. The van der Waals surface area contributed by atoms with Crippen LogP contribution in [0.3, 0.4) is 0 Å². The highest BCUT2D eigenvalue weighted by Crippen LogP contribution is 2.34. The lowest BCUT2D eigenvalue weighted by Gasteiger charge is -2.24. The summed E-state index contributed by atoms with van der Waals surface area (Å²) in [5, 5.41) is 30.7. The van der Waals surface area contributed by atoms with Crippen LogP contribution >= 0.6 is 0 Å². The summed E-state index contributed by atoms with van der Waals surface area (Å²) in [6, 6.07) is 0. The molecule has 3 N–H and O–H groups in total. The van der Waals surface area contributed by atoms with Gasteiger partial charge in [0.05, 0.1) is 42.7 Å². The van der Waals surface area contributed by atoms with Crippen LogP contribution in [0.4, 0.5) is 0 Å². The fourth-order valence-corrected chi connectivity index (χ4v) is 5.47. The number of aliphatic hydroxyl groups is 3. The van der Waals surface area contributed by atoms with E-state index in [1.807, 2.05) is 19.9 Å². The lowest BCUT2D eigenvalue weighted by atomic mass is 10.0. The lowest BCUT2D eigenvalue weighted by Crippen LogP contribution is -2.33. The number of esters is 1. The molecule has 2 saturated heterocycles. The largest absolute Gasteiger partial charge is 0.455 e. The Morgan fingerprint density at radius 1 is 0.853 bits per heavy atom. The number of rotatable bonds is 15. The molecule has 3 aliphatic rings. The van der Waals surface area contributed by atoms with Crippen molar-refractivity contribution in [1.29, 1.82) is 0 Å². The molecule has 0 aliphatic carbocycles. The molecular formula is C27H46O7. The van der Waals surface area contributed by atoms with Crippen molar-refractivity contribution in [2.75, 3.05) is 0 Å². The van der Waals surface area contributed by atoms with E-state index in [4.69, 9.17) is 14.2 Å². The lowest BCUT2D eigenvalue weighted by molar-refractivity contribution is -0.139. The summed E-state index contributed by atoms with van der Waals surface area (Å²) in [7, 11) is 0. The number of carbonyl (C=O) groups is 1. The molecule has 0 spiro atoms. The van der Waals surface area contributed by atoms with Crippen LogP contribution in [-0.2, 0) is 19.0 Å². The van der Waals surface area contributed by atoms with Crippen molar-refractivity contribution in [3.05, 3.63) is 11.6 Å². The van der Waals surface area contributed by atoms with E-state index in [1.165, 1.54) is 0 Å². The number of unbranched alkanes of at least 4 members (excludes halogenated alkanes) is 3. The highest BCUT2D eigenvalue weighted by Gasteiger charge is 2.40. The topological polar surface area (TPSA) is 105 Å². The third kappa shape index (κ3) is 8.30. The van der Waals surface area contributed by atoms with Crippen LogP contribution in [0.5, 0.6) is 0 Å². The second-order valence-corrected chi connectivity index (χ2v) is 10.5.